The van der Waals surface area contributed by atoms with Gasteiger partial charge in [0.2, 0.25) is 5.91 Å². The number of carbonyl (C=O) groups excluding carboxylic acids is 3. The maximum absolute atomic E-state index is 12.7. The van der Waals surface area contributed by atoms with Gasteiger partial charge in [-0.1, -0.05) is 12.5 Å². The first kappa shape index (κ1) is 25.2. The van der Waals surface area contributed by atoms with Crippen molar-refractivity contribution < 1.29 is 27.6 Å². The minimum Gasteiger partial charge on any atom is -0.364 e. The summed E-state index contributed by atoms with van der Waals surface area (Å²) in [6, 6.07) is 5.11. The molecule has 4 rings (SSSR count). The van der Waals surface area contributed by atoms with Gasteiger partial charge in [0.05, 0.1) is 29.6 Å². The zero-order valence-electron chi connectivity index (χ0n) is 19.3. The van der Waals surface area contributed by atoms with E-state index in [2.05, 4.69) is 25.7 Å². The number of primary amides is 1. The summed E-state index contributed by atoms with van der Waals surface area (Å²) in [7, 11) is 0. The number of imidazole rings is 1. The molecular weight excluding hydrogens is 479 g/mol. The van der Waals surface area contributed by atoms with Crippen LogP contribution in [0.5, 0.6) is 0 Å². The van der Waals surface area contributed by atoms with Crippen molar-refractivity contribution in [2.24, 2.45) is 11.7 Å². The van der Waals surface area contributed by atoms with E-state index in [0.29, 0.717) is 34.9 Å². The second kappa shape index (κ2) is 10.4. The number of hydrogen-bond acceptors (Lipinski definition) is 5. The van der Waals surface area contributed by atoms with Crippen LogP contribution in [0.1, 0.15) is 64.3 Å². The molecule has 0 aliphatic heterocycles. The van der Waals surface area contributed by atoms with Crippen molar-refractivity contribution in [3.8, 4) is 0 Å². The summed E-state index contributed by atoms with van der Waals surface area (Å²) in [4.78, 5) is 43.6. The number of aromatic nitrogens is 4. The first-order valence-electron chi connectivity index (χ1n) is 11.5. The fourth-order valence-electron chi connectivity index (χ4n) is 3.91. The van der Waals surface area contributed by atoms with Crippen LogP contribution in [0.2, 0.25) is 0 Å². The van der Waals surface area contributed by atoms with E-state index >= 15 is 0 Å². The SMILES string of the molecule is NC(=O)c1nn(CC2CCC2)cc1C(=O)NCc1nc2ccc(CNC(=O)CCC(F)(F)F)cc2[nH]1. The van der Waals surface area contributed by atoms with E-state index in [1.807, 2.05) is 0 Å². The van der Waals surface area contributed by atoms with Crippen molar-refractivity contribution in [3.63, 3.8) is 0 Å². The number of carbonyl (C=O) groups is 3. The molecule has 1 aliphatic rings. The molecule has 0 bridgehead atoms. The Morgan fingerprint density at radius 3 is 2.61 bits per heavy atom. The maximum Gasteiger partial charge on any atom is 0.389 e. The van der Waals surface area contributed by atoms with Crippen molar-refractivity contribution in [2.75, 3.05) is 0 Å². The zero-order chi connectivity index (χ0) is 25.9. The molecule has 2 heterocycles. The Kier molecular flexibility index (Phi) is 7.27. The van der Waals surface area contributed by atoms with Crippen LogP contribution in [0.3, 0.4) is 0 Å². The third-order valence-corrected chi connectivity index (χ3v) is 6.05. The lowest BCUT2D eigenvalue weighted by atomic mass is 9.85. The summed E-state index contributed by atoms with van der Waals surface area (Å²) in [5, 5.41) is 9.34. The summed E-state index contributed by atoms with van der Waals surface area (Å²) >= 11 is 0. The Balaban J connectivity index is 1.35. The number of halogens is 3. The van der Waals surface area contributed by atoms with E-state index in [1.54, 1.807) is 22.9 Å². The molecule has 5 N–H and O–H groups in total. The molecule has 36 heavy (non-hydrogen) atoms. The highest BCUT2D eigenvalue weighted by atomic mass is 19.4. The summed E-state index contributed by atoms with van der Waals surface area (Å²) in [5.74, 6) is -1.05. The van der Waals surface area contributed by atoms with Gasteiger partial charge in [-0.2, -0.15) is 18.3 Å². The van der Waals surface area contributed by atoms with Gasteiger partial charge < -0.3 is 21.4 Å². The van der Waals surface area contributed by atoms with Gasteiger partial charge in [-0.15, -0.1) is 0 Å². The molecule has 10 nitrogen and oxygen atoms in total. The van der Waals surface area contributed by atoms with Gasteiger partial charge in [0, 0.05) is 25.7 Å². The van der Waals surface area contributed by atoms with Crippen LogP contribution in [0.15, 0.2) is 24.4 Å². The second-order valence-electron chi connectivity index (χ2n) is 8.88. The highest BCUT2D eigenvalue weighted by molar-refractivity contribution is 6.05. The molecule has 0 saturated heterocycles. The third-order valence-electron chi connectivity index (χ3n) is 6.05. The Morgan fingerprint density at radius 2 is 1.94 bits per heavy atom. The number of H-pyrrole nitrogens is 1. The molecule has 13 heteroatoms. The molecule has 0 atom stereocenters. The average Bonchev–Trinajstić information content (AvgIpc) is 3.40. The molecule has 0 unspecified atom stereocenters. The van der Waals surface area contributed by atoms with E-state index in [0.717, 1.165) is 19.3 Å². The molecule has 1 aliphatic carbocycles. The van der Waals surface area contributed by atoms with Crippen LogP contribution < -0.4 is 16.4 Å². The largest absolute Gasteiger partial charge is 0.389 e. The van der Waals surface area contributed by atoms with Gasteiger partial charge >= 0.3 is 6.18 Å². The first-order chi connectivity index (χ1) is 17.1. The van der Waals surface area contributed by atoms with E-state index in [-0.39, 0.29) is 24.3 Å². The molecule has 3 amide bonds. The molecule has 2 aromatic heterocycles. The highest BCUT2D eigenvalue weighted by Gasteiger charge is 2.28. The maximum atomic E-state index is 12.7. The van der Waals surface area contributed by atoms with E-state index in [1.165, 1.54) is 6.20 Å². The van der Waals surface area contributed by atoms with Crippen LogP contribution in [-0.4, -0.2) is 43.6 Å². The van der Waals surface area contributed by atoms with Crippen molar-refractivity contribution >= 4 is 28.8 Å². The summed E-state index contributed by atoms with van der Waals surface area (Å²) in [6.45, 7) is 0.740. The minimum atomic E-state index is -4.38. The summed E-state index contributed by atoms with van der Waals surface area (Å²) < 4.78 is 38.3. The Morgan fingerprint density at radius 1 is 1.17 bits per heavy atom. The van der Waals surface area contributed by atoms with Crippen molar-refractivity contribution in [1.82, 2.24) is 30.4 Å². The number of alkyl halides is 3. The predicted octanol–water partition coefficient (Wildman–Crippen LogP) is 2.55. The van der Waals surface area contributed by atoms with Crippen LogP contribution >= 0.6 is 0 Å². The van der Waals surface area contributed by atoms with Crippen molar-refractivity contribution in [2.45, 2.75) is 57.9 Å². The highest BCUT2D eigenvalue weighted by Crippen LogP contribution is 2.28. The molecule has 3 aromatic rings. The van der Waals surface area contributed by atoms with E-state index < -0.39 is 36.7 Å². The lowest BCUT2D eigenvalue weighted by Gasteiger charge is -2.24. The lowest BCUT2D eigenvalue weighted by Crippen LogP contribution is -2.26. The fraction of sp³-hybridized carbons (Fsp3) is 0.435. The lowest BCUT2D eigenvalue weighted by molar-refractivity contribution is -0.144. The predicted molar refractivity (Wildman–Crippen MR) is 122 cm³/mol. The Labute approximate surface area is 203 Å². The van der Waals surface area contributed by atoms with Crippen LogP contribution in [0.4, 0.5) is 13.2 Å². The van der Waals surface area contributed by atoms with Gasteiger partial charge in [-0.25, -0.2) is 4.98 Å². The van der Waals surface area contributed by atoms with Crippen LogP contribution in [0.25, 0.3) is 11.0 Å². The zero-order valence-corrected chi connectivity index (χ0v) is 19.3. The number of nitrogens with two attached hydrogens (primary N) is 1. The topological polar surface area (TPSA) is 148 Å². The number of benzene rings is 1. The summed E-state index contributed by atoms with van der Waals surface area (Å²) in [5.41, 5.74) is 7.33. The first-order valence-corrected chi connectivity index (χ1v) is 11.5. The number of amides is 3. The quantitative estimate of drug-likeness (QED) is 0.334. The third kappa shape index (κ3) is 6.40. The Hall–Kier alpha value is -3.90. The van der Waals surface area contributed by atoms with E-state index in [9.17, 15) is 27.6 Å². The normalized spacial score (nSPS) is 14.0. The molecule has 0 radical (unpaired) electrons. The number of hydrogen-bond donors (Lipinski definition) is 4. The number of nitrogens with one attached hydrogen (secondary N) is 3. The Bertz CT molecular complexity index is 1280. The van der Waals surface area contributed by atoms with Gasteiger partial charge in [-0.3, -0.25) is 19.1 Å². The second-order valence-corrected chi connectivity index (χ2v) is 8.88. The number of aromatic amines is 1. The van der Waals surface area contributed by atoms with Crippen molar-refractivity contribution in [3.05, 3.63) is 47.0 Å². The fourth-order valence-corrected chi connectivity index (χ4v) is 3.91. The number of fused-ring (bicyclic) bond motifs is 1. The molecule has 1 fully saturated rings. The van der Waals surface area contributed by atoms with Crippen LogP contribution in [0, 0.1) is 5.92 Å². The molecule has 0 spiro atoms. The monoisotopic (exact) mass is 505 g/mol. The molecule has 1 saturated carbocycles. The van der Waals surface area contributed by atoms with Gasteiger partial charge in [0.15, 0.2) is 5.69 Å². The minimum absolute atomic E-state index is 0.0447. The van der Waals surface area contributed by atoms with Gasteiger partial charge in [0.25, 0.3) is 11.8 Å². The van der Waals surface area contributed by atoms with Crippen LogP contribution in [-0.2, 0) is 24.4 Å². The molecule has 1 aromatic carbocycles. The summed E-state index contributed by atoms with van der Waals surface area (Å²) in [6.07, 6.45) is -1.31. The standard InChI is InChI=1S/C23H26F3N7O3/c24-23(25,26)7-6-19(34)28-9-14-4-5-16-17(8-14)31-18(30-16)10-29-22(36)15-12-33(11-13-2-1-3-13)32-20(15)21(27)35/h4-5,8,12-13H,1-3,6-7,9-11H2,(H2,27,35)(H,28,34)(H,29,36)(H,30,31). The molecule has 192 valence electrons. The number of rotatable bonds is 10. The van der Waals surface area contributed by atoms with E-state index in [4.69, 9.17) is 5.73 Å². The van der Waals surface area contributed by atoms with Gasteiger partial charge in [-0.05, 0) is 36.5 Å². The number of nitrogens with zero attached hydrogens (tertiary/aromatic N) is 3. The smallest absolute Gasteiger partial charge is 0.364 e. The van der Waals surface area contributed by atoms with Gasteiger partial charge in [0.1, 0.15) is 5.82 Å². The average molecular weight is 506 g/mol. The molecular formula is C23H26F3N7O3. The van der Waals surface area contributed by atoms with Crippen molar-refractivity contribution in [1.29, 1.82) is 0 Å².